The van der Waals surface area contributed by atoms with Crippen LogP contribution in [0.3, 0.4) is 0 Å². The number of hydrogen-bond donors (Lipinski definition) is 4. The number of aliphatic imine (C=N–C) groups is 1. The molecule has 0 atom stereocenters. The van der Waals surface area contributed by atoms with Crippen LogP contribution in [0.25, 0.3) is 0 Å². The van der Waals surface area contributed by atoms with E-state index in [9.17, 15) is 9.59 Å². The van der Waals surface area contributed by atoms with Crippen molar-refractivity contribution in [3.63, 3.8) is 0 Å². The summed E-state index contributed by atoms with van der Waals surface area (Å²) < 4.78 is 0. The van der Waals surface area contributed by atoms with E-state index in [0.29, 0.717) is 12.1 Å². The molecular formula is C21H35N5O2. The van der Waals surface area contributed by atoms with Crippen LogP contribution in [0, 0.1) is 0 Å². The van der Waals surface area contributed by atoms with Gasteiger partial charge < -0.3 is 21.7 Å². The van der Waals surface area contributed by atoms with Crippen molar-refractivity contribution < 1.29 is 9.59 Å². The lowest BCUT2D eigenvalue weighted by atomic mass is 10.1. The van der Waals surface area contributed by atoms with Gasteiger partial charge in [-0.05, 0) is 24.1 Å². The molecule has 0 radical (unpaired) electrons. The van der Waals surface area contributed by atoms with Crippen LogP contribution in [-0.4, -0.2) is 37.9 Å². The van der Waals surface area contributed by atoms with E-state index in [0.717, 1.165) is 24.5 Å². The minimum absolute atomic E-state index is 0.164. The van der Waals surface area contributed by atoms with E-state index in [1.165, 1.54) is 38.5 Å². The van der Waals surface area contributed by atoms with Crippen molar-refractivity contribution in [2.24, 2.45) is 10.7 Å². The second kappa shape index (κ2) is 14.5. The lowest BCUT2D eigenvalue weighted by molar-refractivity contribution is -0.117. The van der Waals surface area contributed by atoms with Gasteiger partial charge in [0, 0.05) is 25.7 Å². The van der Waals surface area contributed by atoms with Crippen LogP contribution in [0.15, 0.2) is 29.3 Å². The highest BCUT2D eigenvalue weighted by Crippen LogP contribution is 2.06. The number of carbonyl (C=O) groups excluding carboxylic acids is 2. The Kier molecular flexibility index (Phi) is 12.1. The van der Waals surface area contributed by atoms with E-state index in [1.807, 2.05) is 12.1 Å². The van der Waals surface area contributed by atoms with Gasteiger partial charge in [0.05, 0.1) is 6.54 Å². The van der Waals surface area contributed by atoms with Gasteiger partial charge in [0.15, 0.2) is 5.96 Å². The van der Waals surface area contributed by atoms with E-state index in [1.54, 1.807) is 19.2 Å². The Morgan fingerprint density at radius 2 is 1.57 bits per heavy atom. The SMILES string of the molecule is CCCCCCCCCNC(=NC)NCc1ccc(C(=O)NCC(N)=O)cc1. The van der Waals surface area contributed by atoms with Crippen molar-refractivity contribution in [3.05, 3.63) is 35.4 Å². The Labute approximate surface area is 168 Å². The van der Waals surface area contributed by atoms with E-state index in [4.69, 9.17) is 5.73 Å². The second-order valence-corrected chi connectivity index (χ2v) is 6.82. The fourth-order valence-electron chi connectivity index (χ4n) is 2.74. The molecular weight excluding hydrogens is 354 g/mol. The monoisotopic (exact) mass is 389 g/mol. The molecule has 2 amide bonds. The molecule has 1 aromatic rings. The zero-order valence-corrected chi connectivity index (χ0v) is 17.2. The first kappa shape index (κ1) is 23.5. The molecule has 0 saturated carbocycles. The van der Waals surface area contributed by atoms with E-state index in [2.05, 4.69) is 27.9 Å². The molecule has 0 fully saturated rings. The van der Waals surface area contributed by atoms with Gasteiger partial charge in [-0.3, -0.25) is 14.6 Å². The van der Waals surface area contributed by atoms with Crippen LogP contribution in [-0.2, 0) is 11.3 Å². The molecule has 0 saturated heterocycles. The van der Waals surface area contributed by atoms with Crippen LogP contribution < -0.4 is 21.7 Å². The Morgan fingerprint density at radius 3 is 2.18 bits per heavy atom. The topological polar surface area (TPSA) is 109 Å². The number of guanidine groups is 1. The maximum atomic E-state index is 11.9. The van der Waals surface area contributed by atoms with Crippen molar-refractivity contribution in [3.8, 4) is 0 Å². The number of hydrogen-bond acceptors (Lipinski definition) is 3. The van der Waals surface area contributed by atoms with Crippen molar-refractivity contribution in [1.29, 1.82) is 0 Å². The molecule has 156 valence electrons. The summed E-state index contributed by atoms with van der Waals surface area (Å²) in [5.41, 5.74) is 6.55. The normalized spacial score (nSPS) is 11.1. The zero-order valence-electron chi connectivity index (χ0n) is 17.2. The molecule has 0 unspecified atom stereocenters. The van der Waals surface area contributed by atoms with E-state index >= 15 is 0 Å². The number of rotatable bonds is 13. The summed E-state index contributed by atoms with van der Waals surface area (Å²) in [4.78, 5) is 26.8. The zero-order chi connectivity index (χ0) is 20.6. The predicted octanol–water partition coefficient (Wildman–Crippen LogP) is 2.32. The molecule has 0 aliphatic heterocycles. The smallest absolute Gasteiger partial charge is 0.251 e. The van der Waals surface area contributed by atoms with Crippen LogP contribution in [0.1, 0.15) is 67.8 Å². The van der Waals surface area contributed by atoms with Crippen LogP contribution >= 0.6 is 0 Å². The Bertz CT molecular complexity index is 614. The highest BCUT2D eigenvalue weighted by molar-refractivity contribution is 5.96. The molecule has 5 N–H and O–H groups in total. The van der Waals surface area contributed by atoms with Crippen molar-refractivity contribution in [2.75, 3.05) is 20.1 Å². The van der Waals surface area contributed by atoms with Gasteiger partial charge in [-0.15, -0.1) is 0 Å². The second-order valence-electron chi connectivity index (χ2n) is 6.82. The van der Waals surface area contributed by atoms with Gasteiger partial charge in [-0.25, -0.2) is 0 Å². The third-order valence-electron chi connectivity index (χ3n) is 4.40. The summed E-state index contributed by atoms with van der Waals surface area (Å²) in [6, 6.07) is 7.19. The maximum Gasteiger partial charge on any atom is 0.251 e. The van der Waals surface area contributed by atoms with Crippen molar-refractivity contribution >= 4 is 17.8 Å². The Morgan fingerprint density at radius 1 is 0.929 bits per heavy atom. The highest BCUT2D eigenvalue weighted by Gasteiger charge is 2.06. The first-order chi connectivity index (χ1) is 13.6. The van der Waals surface area contributed by atoms with E-state index < -0.39 is 5.91 Å². The number of carbonyl (C=O) groups is 2. The number of amides is 2. The van der Waals surface area contributed by atoms with Gasteiger partial charge in [-0.2, -0.15) is 0 Å². The standard InChI is InChI=1S/C21H35N5O2/c1-3-4-5-6-7-8-9-14-24-21(23-2)26-15-17-10-12-18(13-11-17)20(28)25-16-19(22)27/h10-13H,3-9,14-16H2,1-2H3,(H2,22,27)(H,25,28)(H2,23,24,26). The molecule has 0 aliphatic rings. The number of unbranched alkanes of at least 4 members (excludes halogenated alkanes) is 6. The number of benzene rings is 1. The first-order valence-corrected chi connectivity index (χ1v) is 10.2. The minimum atomic E-state index is -0.565. The summed E-state index contributed by atoms with van der Waals surface area (Å²) in [6.45, 7) is 3.59. The Hall–Kier alpha value is -2.57. The summed E-state index contributed by atoms with van der Waals surface area (Å²) in [5.74, 6) is -0.107. The van der Waals surface area contributed by atoms with Crippen LogP contribution in [0.2, 0.25) is 0 Å². The predicted molar refractivity (Wildman–Crippen MR) is 114 cm³/mol. The molecule has 1 rings (SSSR count). The molecule has 28 heavy (non-hydrogen) atoms. The average Bonchev–Trinajstić information content (AvgIpc) is 2.70. The molecule has 0 heterocycles. The lowest BCUT2D eigenvalue weighted by Gasteiger charge is -2.12. The number of primary amides is 1. The summed E-state index contributed by atoms with van der Waals surface area (Å²) in [7, 11) is 1.76. The minimum Gasteiger partial charge on any atom is -0.368 e. The van der Waals surface area contributed by atoms with Gasteiger partial charge in [0.1, 0.15) is 0 Å². The molecule has 0 aromatic heterocycles. The number of nitrogens with one attached hydrogen (secondary N) is 3. The molecule has 0 aliphatic carbocycles. The molecule has 0 spiro atoms. The highest BCUT2D eigenvalue weighted by atomic mass is 16.2. The van der Waals surface area contributed by atoms with Crippen molar-refractivity contribution in [1.82, 2.24) is 16.0 Å². The molecule has 7 heteroatoms. The van der Waals surface area contributed by atoms with Crippen LogP contribution in [0.4, 0.5) is 0 Å². The fraction of sp³-hybridized carbons (Fsp3) is 0.571. The largest absolute Gasteiger partial charge is 0.368 e. The summed E-state index contributed by atoms with van der Waals surface area (Å²) in [6.07, 6.45) is 8.99. The first-order valence-electron chi connectivity index (χ1n) is 10.2. The number of nitrogens with two attached hydrogens (primary N) is 1. The van der Waals surface area contributed by atoms with Gasteiger partial charge in [0.25, 0.3) is 5.91 Å². The Balaban J connectivity index is 2.26. The third-order valence-corrected chi connectivity index (χ3v) is 4.40. The number of nitrogens with zero attached hydrogens (tertiary/aromatic N) is 1. The van der Waals surface area contributed by atoms with Crippen LogP contribution in [0.5, 0.6) is 0 Å². The molecule has 7 nitrogen and oxygen atoms in total. The quantitative estimate of drug-likeness (QED) is 0.236. The lowest BCUT2D eigenvalue weighted by Crippen LogP contribution is -2.37. The van der Waals surface area contributed by atoms with Gasteiger partial charge in [0.2, 0.25) is 5.91 Å². The van der Waals surface area contributed by atoms with Gasteiger partial charge in [-0.1, -0.05) is 57.6 Å². The average molecular weight is 390 g/mol. The molecule has 0 bridgehead atoms. The van der Waals surface area contributed by atoms with Crippen molar-refractivity contribution in [2.45, 2.75) is 58.4 Å². The van der Waals surface area contributed by atoms with E-state index in [-0.39, 0.29) is 12.5 Å². The summed E-state index contributed by atoms with van der Waals surface area (Å²) in [5, 5.41) is 9.07. The fourth-order valence-corrected chi connectivity index (χ4v) is 2.74. The maximum absolute atomic E-state index is 11.9. The third kappa shape index (κ3) is 10.5. The summed E-state index contributed by atoms with van der Waals surface area (Å²) >= 11 is 0. The van der Waals surface area contributed by atoms with Gasteiger partial charge >= 0.3 is 0 Å². The molecule has 1 aromatic carbocycles.